The zero-order valence-electron chi connectivity index (χ0n) is 38.4. The first-order chi connectivity index (χ1) is 32.2. The van der Waals surface area contributed by atoms with Gasteiger partial charge in [0.1, 0.15) is 36.2 Å². The van der Waals surface area contributed by atoms with Gasteiger partial charge in [0.15, 0.2) is 0 Å². The Morgan fingerprint density at radius 1 is 0.896 bits per heavy atom. The molecular weight excluding hydrogens is 941 g/mol. The smallest absolute Gasteiger partial charge is 0.234 e. The number of piperidine rings is 2. The molecule has 5 aromatic rings. The number of piperazine rings is 1. The Labute approximate surface area is 398 Å². The van der Waals surface area contributed by atoms with E-state index >= 15 is 8.78 Å². The molecule has 0 radical (unpaired) electrons. The van der Waals surface area contributed by atoms with Crippen LogP contribution in [0.3, 0.4) is 0 Å². The van der Waals surface area contributed by atoms with Gasteiger partial charge in [0.25, 0.3) is 0 Å². The number of nitrogens with one attached hydrogen (secondary N) is 4. The van der Waals surface area contributed by atoms with Gasteiger partial charge in [-0.05, 0) is 128 Å². The van der Waals surface area contributed by atoms with Crippen molar-refractivity contribution < 1.29 is 27.7 Å². The number of hydrogen-bond donors (Lipinski definition) is 4. The zero-order chi connectivity index (χ0) is 47.0. The minimum Gasteiger partial charge on any atom is -0.494 e. The first-order valence-electron chi connectivity index (χ1n) is 23.3. The predicted molar refractivity (Wildman–Crippen MR) is 265 cm³/mol. The molecule has 5 heterocycles. The van der Waals surface area contributed by atoms with Gasteiger partial charge in [-0.3, -0.25) is 19.8 Å². The summed E-state index contributed by atoms with van der Waals surface area (Å²) < 4.78 is 50.7. The number of anilines is 6. The third kappa shape index (κ3) is 10.6. The van der Waals surface area contributed by atoms with Crippen LogP contribution in [0.2, 0.25) is 0 Å². The van der Waals surface area contributed by atoms with E-state index in [-0.39, 0.29) is 18.4 Å². The highest BCUT2D eigenvalue weighted by molar-refractivity contribution is 9.10. The van der Waals surface area contributed by atoms with E-state index in [1.165, 1.54) is 17.7 Å². The molecule has 1 aliphatic carbocycles. The maximum Gasteiger partial charge on any atom is 0.234 e. The Balaban J connectivity index is 0.807. The second-order valence-corrected chi connectivity index (χ2v) is 22.5. The van der Waals surface area contributed by atoms with Gasteiger partial charge in [0.2, 0.25) is 17.8 Å². The number of aromatic nitrogens is 3. The van der Waals surface area contributed by atoms with Gasteiger partial charge >= 0.3 is 0 Å². The van der Waals surface area contributed by atoms with Gasteiger partial charge < -0.3 is 35.1 Å². The molecule has 2 amide bonds. The molecule has 1 atom stereocenters. The average molecular weight is 1000 g/mol. The third-order valence-corrected chi connectivity index (χ3v) is 15.6. The van der Waals surface area contributed by atoms with Crippen molar-refractivity contribution in [2.24, 2.45) is 0 Å². The number of carbonyl (C=O) groups is 2. The Hall–Kier alpha value is -5.22. The molecule has 4 fully saturated rings. The van der Waals surface area contributed by atoms with Crippen molar-refractivity contribution in [3.63, 3.8) is 0 Å². The van der Waals surface area contributed by atoms with Crippen molar-refractivity contribution in [3.8, 4) is 5.75 Å². The number of benzene rings is 3. The number of methoxy groups -OCH3 is 1. The lowest BCUT2D eigenvalue weighted by Crippen LogP contribution is -2.53. The summed E-state index contributed by atoms with van der Waals surface area (Å²) in [5.74, 6) is -1.12. The van der Waals surface area contributed by atoms with E-state index in [0.29, 0.717) is 63.6 Å². The molecule has 0 unspecified atom stereocenters. The number of rotatable bonds is 15. The zero-order valence-corrected chi connectivity index (χ0v) is 40.9. The third-order valence-electron chi connectivity index (χ3n) is 13.5. The molecule has 2 aromatic heterocycles. The molecule has 18 heteroatoms. The SMILES string of the molecule is CCc1cc(Nc2ncc(Br)c(Nc3ccc4nc(NC5CC5)ccc4c3P(C)(C)=O)n2)c(OC)cc1N1CCC(N2CCN(CCc3cc(F)c([C@H]4CCC(=O)NC4=O)c(F)c3)CC2)CC1. The van der Waals surface area contributed by atoms with Crippen LogP contribution in [0, 0.1) is 11.6 Å². The van der Waals surface area contributed by atoms with Crippen LogP contribution in [0.1, 0.15) is 68.1 Å². The van der Waals surface area contributed by atoms with Crippen LogP contribution < -0.4 is 36.2 Å². The van der Waals surface area contributed by atoms with Crippen molar-refractivity contribution >= 4 is 85.7 Å². The lowest BCUT2D eigenvalue weighted by molar-refractivity contribution is -0.134. The van der Waals surface area contributed by atoms with Crippen LogP contribution in [0.15, 0.2) is 59.2 Å². The van der Waals surface area contributed by atoms with Gasteiger partial charge in [0.05, 0.1) is 34.4 Å². The molecule has 1 saturated carbocycles. The average Bonchev–Trinajstić information content (AvgIpc) is 4.13. The van der Waals surface area contributed by atoms with Crippen LogP contribution in [0.4, 0.5) is 43.4 Å². The van der Waals surface area contributed by atoms with E-state index in [0.717, 1.165) is 99.5 Å². The number of pyridine rings is 1. The van der Waals surface area contributed by atoms with E-state index in [1.54, 1.807) is 26.6 Å². The number of nitrogens with zero attached hydrogens (tertiary/aromatic N) is 6. The summed E-state index contributed by atoms with van der Waals surface area (Å²) in [4.78, 5) is 45.5. The summed E-state index contributed by atoms with van der Waals surface area (Å²) in [6.07, 6.45) is 7.54. The van der Waals surface area contributed by atoms with Gasteiger partial charge in [0, 0.05) is 98.5 Å². The number of aryl methyl sites for hydroxylation is 1. The lowest BCUT2D eigenvalue weighted by Gasteiger charge is -2.43. The van der Waals surface area contributed by atoms with Gasteiger partial charge in [-0.25, -0.2) is 18.7 Å². The van der Waals surface area contributed by atoms with E-state index < -0.39 is 36.5 Å². The van der Waals surface area contributed by atoms with E-state index in [9.17, 15) is 14.2 Å². The number of amides is 2. The highest BCUT2D eigenvalue weighted by Crippen LogP contribution is 2.43. The first-order valence-corrected chi connectivity index (χ1v) is 26.7. The molecule has 9 rings (SSSR count). The minimum atomic E-state index is -2.77. The second-order valence-electron chi connectivity index (χ2n) is 18.5. The Kier molecular flexibility index (Phi) is 13.8. The monoisotopic (exact) mass is 998 g/mol. The van der Waals surface area contributed by atoms with Crippen LogP contribution in [-0.2, 0) is 27.0 Å². The van der Waals surface area contributed by atoms with Crippen LogP contribution in [0.5, 0.6) is 5.75 Å². The molecule has 3 aliphatic heterocycles. The summed E-state index contributed by atoms with van der Waals surface area (Å²) in [6, 6.07) is 15.7. The Morgan fingerprint density at radius 2 is 1.64 bits per heavy atom. The summed E-state index contributed by atoms with van der Waals surface area (Å²) >= 11 is 3.63. The van der Waals surface area contributed by atoms with Crippen LogP contribution >= 0.6 is 23.1 Å². The molecule has 4 aliphatic rings. The maximum atomic E-state index is 15.1. The number of carbonyl (C=O) groups excluding carboxylic acids is 2. The predicted octanol–water partition coefficient (Wildman–Crippen LogP) is 8.30. The molecule has 3 aromatic carbocycles. The van der Waals surface area contributed by atoms with Crippen molar-refractivity contribution in [3.05, 3.63) is 87.5 Å². The van der Waals surface area contributed by atoms with E-state index in [4.69, 9.17) is 14.7 Å². The maximum absolute atomic E-state index is 15.1. The van der Waals surface area contributed by atoms with Crippen LogP contribution in [0.25, 0.3) is 10.9 Å². The molecular formula is C49H58BrF2N10O4P. The summed E-state index contributed by atoms with van der Waals surface area (Å²) in [7, 11) is -1.10. The first kappa shape index (κ1) is 46.9. The molecule has 14 nitrogen and oxygen atoms in total. The van der Waals surface area contributed by atoms with E-state index in [1.807, 2.05) is 24.3 Å². The molecule has 3 saturated heterocycles. The largest absolute Gasteiger partial charge is 0.494 e. The number of halogens is 3. The molecule has 0 bridgehead atoms. The number of fused-ring (bicyclic) bond motifs is 1. The summed E-state index contributed by atoms with van der Waals surface area (Å²) in [6.45, 7) is 11.9. The Bertz CT molecular complexity index is 2720. The standard InChI is InChI=1S/C49H58BrF2N10O4P/c1-5-30-26-40(57-49-53-28-35(50)47(59-49)56-39-11-10-38-33(46(39)67(3,4)65)8-12-43(55-38)54-31-6-7-31)42(66-2)27-41(30)62-18-15-32(16-19-62)61-22-20-60(21-23-61)17-14-29-24-36(51)45(37(52)25-29)34-9-13-44(63)58-48(34)64/h8,10-12,24-28,31-32,34H,5-7,9,13-23H2,1-4H3,(H,54,55)(H,58,63,64)(H2,53,56,57,59)/t34-/m1/s1. The molecule has 0 spiro atoms. The van der Waals surface area contributed by atoms with E-state index in [2.05, 4.69) is 75.9 Å². The highest BCUT2D eigenvalue weighted by atomic mass is 79.9. The molecule has 67 heavy (non-hydrogen) atoms. The van der Waals surface area contributed by atoms with Crippen LogP contribution in [-0.4, -0.2) is 115 Å². The number of ether oxygens (including phenoxy) is 1. The normalized spacial score (nSPS) is 18.9. The number of imide groups is 1. The van der Waals surface area contributed by atoms with Crippen molar-refractivity contribution in [2.75, 3.05) is 87.1 Å². The van der Waals surface area contributed by atoms with Crippen molar-refractivity contribution in [1.82, 2.24) is 30.1 Å². The fourth-order valence-corrected chi connectivity index (χ4v) is 11.6. The van der Waals surface area contributed by atoms with Gasteiger partial charge in [-0.1, -0.05) is 6.92 Å². The van der Waals surface area contributed by atoms with Crippen molar-refractivity contribution in [2.45, 2.75) is 76.3 Å². The highest BCUT2D eigenvalue weighted by Gasteiger charge is 2.33. The van der Waals surface area contributed by atoms with Crippen molar-refractivity contribution in [1.29, 1.82) is 0 Å². The topological polar surface area (TPSA) is 157 Å². The summed E-state index contributed by atoms with van der Waals surface area (Å²) in [5.41, 5.74) is 4.87. The molecule has 354 valence electrons. The Morgan fingerprint density at radius 3 is 2.31 bits per heavy atom. The minimum absolute atomic E-state index is 0.0641. The molecule has 4 N–H and O–H groups in total. The lowest BCUT2D eigenvalue weighted by atomic mass is 9.89. The fourth-order valence-electron chi connectivity index (χ4n) is 9.80. The quantitative estimate of drug-likeness (QED) is 0.0588. The van der Waals surface area contributed by atoms with Gasteiger partial charge in [-0.15, -0.1) is 0 Å². The van der Waals surface area contributed by atoms with Gasteiger partial charge in [-0.2, -0.15) is 4.98 Å². The fraction of sp³-hybridized carbons (Fsp3) is 0.449. The summed E-state index contributed by atoms with van der Waals surface area (Å²) in [5, 5.41) is 14.1. The number of hydrogen-bond acceptors (Lipinski definition) is 13. The second kappa shape index (κ2) is 19.8.